The van der Waals surface area contributed by atoms with Crippen LogP contribution in [0.15, 0.2) is 23.4 Å². The van der Waals surface area contributed by atoms with Gasteiger partial charge in [0.2, 0.25) is 0 Å². The maximum absolute atomic E-state index is 12.3. The van der Waals surface area contributed by atoms with Crippen LogP contribution in [0.2, 0.25) is 0 Å². The lowest BCUT2D eigenvalue weighted by molar-refractivity contribution is 0.0940. The number of thioether (sulfide) groups is 1. The van der Waals surface area contributed by atoms with Gasteiger partial charge in [-0.1, -0.05) is 13.8 Å². The molecule has 1 aromatic heterocycles. The van der Waals surface area contributed by atoms with E-state index < -0.39 is 0 Å². The van der Waals surface area contributed by atoms with E-state index in [0.29, 0.717) is 16.9 Å². The Kier molecular flexibility index (Phi) is 5.43. The van der Waals surface area contributed by atoms with Crippen molar-refractivity contribution in [3.8, 4) is 0 Å². The molecule has 0 aliphatic carbocycles. The van der Waals surface area contributed by atoms with Gasteiger partial charge in [0.15, 0.2) is 0 Å². The molecule has 1 atom stereocenters. The first-order valence-electron chi connectivity index (χ1n) is 7.18. The van der Waals surface area contributed by atoms with Crippen LogP contribution in [0, 0.1) is 0 Å². The topological polar surface area (TPSA) is 45.2 Å². The number of nitrogens with zero attached hydrogens (tertiary/aromatic N) is 2. The lowest BCUT2D eigenvalue weighted by Crippen LogP contribution is -2.38. The zero-order valence-electron chi connectivity index (χ0n) is 12.4. The third-order valence-corrected chi connectivity index (χ3v) is 4.55. The van der Waals surface area contributed by atoms with Crippen molar-refractivity contribution in [2.45, 2.75) is 43.0 Å². The monoisotopic (exact) mass is 293 g/mol. The minimum absolute atomic E-state index is 0.0125. The van der Waals surface area contributed by atoms with Crippen LogP contribution in [-0.2, 0) is 0 Å². The average Bonchev–Trinajstić information content (AvgIpc) is 2.81. The molecule has 4 nitrogen and oxygen atoms in total. The highest BCUT2D eigenvalue weighted by molar-refractivity contribution is 7.99. The van der Waals surface area contributed by atoms with E-state index in [0.717, 1.165) is 24.5 Å². The minimum atomic E-state index is -0.0125. The van der Waals surface area contributed by atoms with Gasteiger partial charge >= 0.3 is 0 Å². The number of carbonyl (C=O) groups excluding carboxylic acids is 1. The number of nitrogens with one attached hydrogen (secondary N) is 1. The summed E-state index contributed by atoms with van der Waals surface area (Å²) in [7, 11) is 2.12. The maximum Gasteiger partial charge on any atom is 0.254 e. The molecule has 5 heteroatoms. The van der Waals surface area contributed by atoms with Gasteiger partial charge in [0.05, 0.1) is 5.56 Å². The molecule has 1 aliphatic heterocycles. The van der Waals surface area contributed by atoms with E-state index in [2.05, 4.69) is 36.1 Å². The Morgan fingerprint density at radius 2 is 2.40 bits per heavy atom. The Balaban J connectivity index is 1.98. The Morgan fingerprint density at radius 1 is 1.60 bits per heavy atom. The fourth-order valence-electron chi connectivity index (χ4n) is 2.42. The summed E-state index contributed by atoms with van der Waals surface area (Å²) < 4.78 is 0. The van der Waals surface area contributed by atoms with Crippen LogP contribution >= 0.6 is 11.8 Å². The normalized spacial score (nSPS) is 19.5. The average molecular weight is 293 g/mol. The molecule has 1 fully saturated rings. The van der Waals surface area contributed by atoms with E-state index in [1.54, 1.807) is 18.0 Å². The van der Waals surface area contributed by atoms with Crippen LogP contribution in [0.3, 0.4) is 0 Å². The first-order valence-corrected chi connectivity index (χ1v) is 8.06. The minimum Gasteiger partial charge on any atom is -0.350 e. The van der Waals surface area contributed by atoms with E-state index in [9.17, 15) is 4.79 Å². The van der Waals surface area contributed by atoms with Crippen LogP contribution in [0.4, 0.5) is 0 Å². The summed E-state index contributed by atoms with van der Waals surface area (Å²) in [4.78, 5) is 19.0. The number of likely N-dealkylation sites (tertiary alicyclic amines) is 1. The first-order chi connectivity index (χ1) is 9.58. The fourth-order valence-corrected chi connectivity index (χ4v) is 3.28. The third kappa shape index (κ3) is 3.96. The molecule has 1 unspecified atom stereocenters. The number of likely N-dealkylation sites (N-methyl/N-ethyl adjacent to an activating group) is 1. The van der Waals surface area contributed by atoms with Crippen molar-refractivity contribution in [2.75, 3.05) is 20.1 Å². The third-order valence-electron chi connectivity index (χ3n) is 3.53. The molecule has 2 rings (SSSR count). The van der Waals surface area contributed by atoms with Crippen LogP contribution in [-0.4, -0.2) is 47.2 Å². The maximum atomic E-state index is 12.3. The predicted molar refractivity (Wildman–Crippen MR) is 83.2 cm³/mol. The smallest absolute Gasteiger partial charge is 0.254 e. The standard InChI is InChI=1S/C15H23N3OS/c1-11(2)20-15-13(7-4-8-16-15)14(19)17-10-12-6-5-9-18(12)3/h4,7-8,11-12H,5-6,9-10H2,1-3H3,(H,17,19). The molecule has 0 aromatic carbocycles. The van der Waals surface area contributed by atoms with Crippen LogP contribution < -0.4 is 5.32 Å². The van der Waals surface area contributed by atoms with Gasteiger partial charge in [-0.15, -0.1) is 11.8 Å². The second-order valence-electron chi connectivity index (χ2n) is 5.51. The van der Waals surface area contributed by atoms with Crippen molar-refractivity contribution >= 4 is 17.7 Å². The molecule has 0 saturated carbocycles. The Labute approximate surface area is 125 Å². The Bertz CT molecular complexity index is 464. The molecule has 1 aromatic rings. The number of rotatable bonds is 5. The lowest BCUT2D eigenvalue weighted by atomic mass is 10.2. The molecular formula is C15H23N3OS. The van der Waals surface area contributed by atoms with Gasteiger partial charge in [-0.2, -0.15) is 0 Å². The summed E-state index contributed by atoms with van der Waals surface area (Å²) in [5.74, 6) is -0.0125. The van der Waals surface area contributed by atoms with Crippen molar-refractivity contribution < 1.29 is 4.79 Å². The molecule has 0 spiro atoms. The molecule has 2 heterocycles. The number of pyridine rings is 1. The van der Waals surface area contributed by atoms with Crippen LogP contribution in [0.5, 0.6) is 0 Å². The summed E-state index contributed by atoms with van der Waals surface area (Å²) in [6.45, 7) is 6.06. The summed E-state index contributed by atoms with van der Waals surface area (Å²) in [6.07, 6.45) is 4.13. The summed E-state index contributed by atoms with van der Waals surface area (Å²) >= 11 is 1.63. The predicted octanol–water partition coefficient (Wildman–Crippen LogP) is 2.41. The second kappa shape index (κ2) is 7.09. The number of hydrogen-bond acceptors (Lipinski definition) is 4. The molecule has 0 radical (unpaired) electrons. The van der Waals surface area contributed by atoms with Crippen LogP contribution in [0.25, 0.3) is 0 Å². The van der Waals surface area contributed by atoms with Gasteiger partial charge in [-0.05, 0) is 38.6 Å². The highest BCUT2D eigenvalue weighted by atomic mass is 32.2. The summed E-state index contributed by atoms with van der Waals surface area (Å²) in [5, 5.41) is 4.28. The van der Waals surface area contributed by atoms with Gasteiger partial charge in [0.1, 0.15) is 5.03 Å². The zero-order valence-corrected chi connectivity index (χ0v) is 13.2. The molecule has 0 bridgehead atoms. The van der Waals surface area contributed by atoms with Crippen LogP contribution in [0.1, 0.15) is 37.0 Å². The summed E-state index contributed by atoms with van der Waals surface area (Å²) in [5.41, 5.74) is 0.687. The van der Waals surface area contributed by atoms with Gasteiger partial charge in [-0.25, -0.2) is 4.98 Å². The molecule has 1 saturated heterocycles. The second-order valence-corrected chi connectivity index (χ2v) is 7.07. The SMILES string of the molecule is CC(C)Sc1ncccc1C(=O)NCC1CCCN1C. The van der Waals surface area contributed by atoms with Crippen molar-refractivity contribution in [2.24, 2.45) is 0 Å². The summed E-state index contributed by atoms with van der Waals surface area (Å²) in [6, 6.07) is 4.14. The largest absolute Gasteiger partial charge is 0.350 e. The van der Waals surface area contributed by atoms with Gasteiger partial charge in [-0.3, -0.25) is 4.79 Å². The quantitative estimate of drug-likeness (QED) is 0.847. The molecule has 110 valence electrons. The van der Waals surface area contributed by atoms with Gasteiger partial charge in [0.25, 0.3) is 5.91 Å². The van der Waals surface area contributed by atoms with Gasteiger partial charge < -0.3 is 10.2 Å². The van der Waals surface area contributed by atoms with Crippen molar-refractivity contribution in [3.05, 3.63) is 23.9 Å². The molecule has 1 aliphatic rings. The van der Waals surface area contributed by atoms with E-state index in [4.69, 9.17) is 0 Å². The molecule has 20 heavy (non-hydrogen) atoms. The highest BCUT2D eigenvalue weighted by Crippen LogP contribution is 2.24. The molecule has 1 N–H and O–H groups in total. The Hall–Kier alpha value is -1.07. The number of carbonyl (C=O) groups is 1. The highest BCUT2D eigenvalue weighted by Gasteiger charge is 2.22. The zero-order chi connectivity index (χ0) is 14.5. The molecular weight excluding hydrogens is 270 g/mol. The number of hydrogen-bond donors (Lipinski definition) is 1. The van der Waals surface area contributed by atoms with Crippen molar-refractivity contribution in [3.63, 3.8) is 0 Å². The lowest BCUT2D eigenvalue weighted by Gasteiger charge is -2.20. The first kappa shape index (κ1) is 15.3. The Morgan fingerprint density at radius 3 is 3.05 bits per heavy atom. The van der Waals surface area contributed by atoms with E-state index >= 15 is 0 Å². The van der Waals surface area contributed by atoms with Crippen molar-refractivity contribution in [1.82, 2.24) is 15.2 Å². The van der Waals surface area contributed by atoms with E-state index in [-0.39, 0.29) is 5.91 Å². The van der Waals surface area contributed by atoms with Crippen molar-refractivity contribution in [1.29, 1.82) is 0 Å². The van der Waals surface area contributed by atoms with E-state index in [1.807, 2.05) is 12.1 Å². The molecule has 1 amide bonds. The number of amides is 1. The van der Waals surface area contributed by atoms with Gasteiger partial charge in [0, 0.05) is 24.0 Å². The fraction of sp³-hybridized carbons (Fsp3) is 0.600. The van der Waals surface area contributed by atoms with E-state index in [1.165, 1.54) is 6.42 Å². The number of aromatic nitrogens is 1.